The van der Waals surface area contributed by atoms with Crippen LogP contribution in [0.15, 0.2) is 29.0 Å². The van der Waals surface area contributed by atoms with Crippen LogP contribution in [0, 0.1) is 36.0 Å². The van der Waals surface area contributed by atoms with Crippen molar-refractivity contribution < 1.29 is 68.0 Å². The number of likely N-dealkylation sites (N-methyl/N-ethyl adjacent to an activating group) is 1. The van der Waals surface area contributed by atoms with E-state index in [0.717, 1.165) is 11.9 Å². The second-order valence-electron chi connectivity index (χ2n) is 15.9. The van der Waals surface area contributed by atoms with Crippen LogP contribution in [0.2, 0.25) is 0 Å². The number of aldehydes is 1. The maximum atomic E-state index is 13.7. The molecule has 3 heterocycles. The van der Waals surface area contributed by atoms with Gasteiger partial charge in [0.15, 0.2) is 19.2 Å². The Labute approximate surface area is 343 Å². The third-order valence-corrected chi connectivity index (χ3v) is 11.5. The summed E-state index contributed by atoms with van der Waals surface area (Å²) in [6.45, 7) is 10.7. The number of carbonyl (C=O) groups is 2. The number of oxime groups is 1. The largest absolute Gasteiger partial charge is 0.462 e. The van der Waals surface area contributed by atoms with Gasteiger partial charge in [0.25, 0.3) is 0 Å². The number of hydrogen-bond acceptors (Lipinski definition) is 16. The topological polar surface area (TPSA) is 204 Å². The van der Waals surface area contributed by atoms with Gasteiger partial charge in [-0.1, -0.05) is 49.6 Å². The number of nitrogens with zero attached hydrogens (tertiary/aromatic N) is 2. The number of aliphatic hydroxyl groups excluding tert-OH is 4. The van der Waals surface area contributed by atoms with Crippen molar-refractivity contribution in [3.05, 3.63) is 23.8 Å². The van der Waals surface area contributed by atoms with E-state index < -0.39 is 110 Å². The van der Waals surface area contributed by atoms with E-state index >= 15 is 0 Å². The lowest BCUT2D eigenvalue weighted by Gasteiger charge is -2.46. The summed E-state index contributed by atoms with van der Waals surface area (Å²) in [5, 5.41) is 49.0. The highest BCUT2D eigenvalue weighted by Gasteiger charge is 2.48. The Kier molecular flexibility index (Phi) is 20.4. The van der Waals surface area contributed by atoms with Gasteiger partial charge in [-0.2, -0.15) is 0 Å². The van der Waals surface area contributed by atoms with E-state index in [9.17, 15) is 30.0 Å². The average molecular weight is 825 g/mol. The summed E-state index contributed by atoms with van der Waals surface area (Å²) in [5.41, 5.74) is 1.28. The number of carbonyl (C=O) groups excluding carboxylic acids is 2. The van der Waals surface area contributed by atoms with Crippen LogP contribution in [0.3, 0.4) is 0 Å². The van der Waals surface area contributed by atoms with Gasteiger partial charge in [-0.15, -0.1) is 6.42 Å². The van der Waals surface area contributed by atoms with Crippen LogP contribution in [-0.2, 0) is 47.6 Å². The van der Waals surface area contributed by atoms with Gasteiger partial charge in [-0.05, 0) is 59.7 Å². The first kappa shape index (κ1) is 49.6. The molecule has 17 atom stereocenters. The third-order valence-electron chi connectivity index (χ3n) is 11.5. The Hall–Kier alpha value is -2.79. The maximum absolute atomic E-state index is 13.7. The molecule has 0 aliphatic carbocycles. The molecule has 4 N–H and O–H groups in total. The number of esters is 1. The van der Waals surface area contributed by atoms with Crippen LogP contribution in [0.5, 0.6) is 0 Å². The van der Waals surface area contributed by atoms with Gasteiger partial charge in [0.2, 0.25) is 0 Å². The molecule has 16 nitrogen and oxygen atoms in total. The third kappa shape index (κ3) is 13.1. The van der Waals surface area contributed by atoms with Crippen molar-refractivity contribution in [3.63, 3.8) is 0 Å². The summed E-state index contributed by atoms with van der Waals surface area (Å²) in [6, 6.07) is -0.739. The molecule has 0 radical (unpaired) electrons. The van der Waals surface area contributed by atoms with Crippen LogP contribution in [0.4, 0.5) is 0 Å². The number of terminal acetylenes is 1. The van der Waals surface area contributed by atoms with Crippen molar-refractivity contribution in [2.75, 3.05) is 41.5 Å². The molecule has 2 saturated heterocycles. The van der Waals surface area contributed by atoms with E-state index in [1.165, 1.54) is 14.2 Å². The minimum atomic E-state index is -1.31. The fourth-order valence-corrected chi connectivity index (χ4v) is 8.03. The minimum Gasteiger partial charge on any atom is -0.462 e. The van der Waals surface area contributed by atoms with Gasteiger partial charge >= 0.3 is 5.97 Å². The molecule has 3 aliphatic heterocycles. The molecule has 0 aromatic carbocycles. The van der Waals surface area contributed by atoms with Crippen LogP contribution in [0.1, 0.15) is 67.2 Å². The normalized spacial score (nSPS) is 41.9. The zero-order valence-electron chi connectivity index (χ0n) is 35.7. The maximum Gasteiger partial charge on any atom is 0.308 e. The van der Waals surface area contributed by atoms with Gasteiger partial charge < -0.3 is 68.1 Å². The molecule has 0 saturated carbocycles. The second-order valence-corrected chi connectivity index (χ2v) is 15.9. The van der Waals surface area contributed by atoms with Crippen molar-refractivity contribution >= 4 is 18.0 Å². The van der Waals surface area contributed by atoms with Crippen LogP contribution < -0.4 is 0 Å². The molecule has 16 heteroatoms. The van der Waals surface area contributed by atoms with Crippen molar-refractivity contribution in [1.82, 2.24) is 4.90 Å². The highest BCUT2D eigenvalue weighted by molar-refractivity contribution is 5.96. The monoisotopic (exact) mass is 824 g/mol. The molecular weight excluding hydrogens is 756 g/mol. The van der Waals surface area contributed by atoms with Gasteiger partial charge in [-0.25, -0.2) is 0 Å². The summed E-state index contributed by atoms with van der Waals surface area (Å²) in [7, 11) is 6.40. The number of cyclic esters (lactones) is 1. The molecule has 58 heavy (non-hydrogen) atoms. The Bertz CT molecular complexity index is 1420. The van der Waals surface area contributed by atoms with E-state index in [1.807, 2.05) is 32.9 Å². The molecule has 3 rings (SSSR count). The van der Waals surface area contributed by atoms with E-state index in [2.05, 4.69) is 11.1 Å². The first-order valence-corrected chi connectivity index (χ1v) is 20.2. The Morgan fingerprint density at radius 3 is 2.22 bits per heavy atom. The number of aliphatic hydroxyl groups is 4. The summed E-state index contributed by atoms with van der Waals surface area (Å²) >= 11 is 0. The number of ether oxygens (including phenoxy) is 7. The van der Waals surface area contributed by atoms with Crippen LogP contribution in [0.25, 0.3) is 0 Å². The summed E-state index contributed by atoms with van der Waals surface area (Å²) in [4.78, 5) is 33.1. The molecule has 0 spiro atoms. The zero-order chi connectivity index (χ0) is 43.3. The van der Waals surface area contributed by atoms with Crippen molar-refractivity contribution in [2.24, 2.45) is 28.8 Å². The van der Waals surface area contributed by atoms with Crippen molar-refractivity contribution in [2.45, 2.75) is 147 Å². The summed E-state index contributed by atoms with van der Waals surface area (Å²) in [5.74, 6) is -0.474. The lowest BCUT2D eigenvalue weighted by atomic mass is 9.79. The minimum absolute atomic E-state index is 0.00679. The Morgan fingerprint density at radius 1 is 0.966 bits per heavy atom. The lowest BCUT2D eigenvalue weighted by Crippen LogP contribution is -2.63. The number of allylic oxidation sites excluding steroid dienone is 3. The second kappa shape index (κ2) is 23.9. The zero-order valence-corrected chi connectivity index (χ0v) is 35.7. The molecule has 3 aliphatic rings. The molecular formula is C42H68N2O14. The van der Waals surface area contributed by atoms with Gasteiger partial charge in [0, 0.05) is 38.4 Å². The van der Waals surface area contributed by atoms with Crippen molar-refractivity contribution in [3.8, 4) is 12.3 Å². The first-order chi connectivity index (χ1) is 27.5. The fourth-order valence-electron chi connectivity index (χ4n) is 8.03. The Balaban J connectivity index is 2.07. The van der Waals surface area contributed by atoms with E-state index in [-0.39, 0.29) is 25.6 Å². The predicted molar refractivity (Wildman–Crippen MR) is 213 cm³/mol. The summed E-state index contributed by atoms with van der Waals surface area (Å²) < 4.78 is 42.1. The molecule has 0 unspecified atom stereocenters. The molecule has 0 aromatic heterocycles. The van der Waals surface area contributed by atoms with E-state index in [1.54, 1.807) is 45.8 Å². The number of hydrogen-bond donors (Lipinski definition) is 4. The van der Waals surface area contributed by atoms with Crippen LogP contribution >= 0.6 is 0 Å². The summed E-state index contributed by atoms with van der Waals surface area (Å²) in [6.07, 6.45) is 0.867. The number of methoxy groups -OCH3 is 2. The first-order valence-electron chi connectivity index (χ1n) is 20.2. The molecule has 0 amide bonds. The quantitative estimate of drug-likeness (QED) is 0.0690. The van der Waals surface area contributed by atoms with Gasteiger partial charge in [0.1, 0.15) is 36.8 Å². The van der Waals surface area contributed by atoms with Crippen molar-refractivity contribution in [1.29, 1.82) is 0 Å². The smallest absolute Gasteiger partial charge is 0.308 e. The highest BCUT2D eigenvalue weighted by Crippen LogP contribution is 2.35. The van der Waals surface area contributed by atoms with E-state index in [0.29, 0.717) is 18.6 Å². The molecule has 0 bridgehead atoms. The highest BCUT2D eigenvalue weighted by atomic mass is 16.7. The Morgan fingerprint density at radius 2 is 1.62 bits per heavy atom. The predicted octanol–water partition coefficient (Wildman–Crippen LogP) is 2.00. The fraction of sp³-hybridized carbons (Fsp3) is 0.786. The lowest BCUT2D eigenvalue weighted by molar-refractivity contribution is -0.304. The SMILES string of the molecule is C#CCO/N=C1/C=C/C(C)=C/[C@H](CO[C@@H]2O[C@H](C)[C@@H](O)[C@@H](OC)[C@H]2OC)[C@@H](CC)OC(=O)C[C@@H](O)[C@H](C)[C@@H](O[C@@H]2O[C@H](C)[C@@H](O)[C@H](N(C)C)[C@H]2O)[C@@H](CC=O)C[C@H]1C. The average Bonchev–Trinajstić information content (AvgIpc) is 3.17. The van der Waals surface area contributed by atoms with E-state index in [4.69, 9.17) is 44.4 Å². The standard InChI is InChI=1S/C42H68N2O14/c1-12-18-54-43-30-15-14-23(3)19-29(22-53-42-40(52-11)39(51-10)36(49)27(7)56-42)32(13-2)57-33(47)21-31(46)25(5)38(28(16-17-45)20-24(30)4)58-41-37(50)34(44(8)9)35(48)26(6)55-41/h1,14-15,17,19,24-29,31-32,34-42,46,48-50H,13,16,18,20-22H2,2-11H3/b15-14+,23-19+,43-30-/t24-,25+,26-,27-,28+,29-,31-,32-,34+,35-,36-,37-,38-,39-,40-,41+,42-/m1/s1. The molecule has 0 aromatic rings. The van der Waals surface area contributed by atoms with Crippen LogP contribution in [-0.4, -0.2) is 164 Å². The number of rotatable bonds is 13. The molecule has 2 fully saturated rings. The molecule has 330 valence electrons. The van der Waals surface area contributed by atoms with Gasteiger partial charge in [0.05, 0.1) is 55.3 Å². The van der Waals surface area contributed by atoms with Gasteiger partial charge in [-0.3, -0.25) is 4.79 Å².